The molecule has 1 aromatic carbocycles. The van der Waals surface area contributed by atoms with E-state index in [9.17, 15) is 4.79 Å². The number of methoxy groups -OCH3 is 1. The van der Waals surface area contributed by atoms with Gasteiger partial charge in [0.1, 0.15) is 6.61 Å². The van der Waals surface area contributed by atoms with Crippen LogP contribution >= 0.6 is 24.8 Å². The third-order valence-electron chi connectivity index (χ3n) is 3.38. The molecule has 3 N–H and O–H groups in total. The third kappa shape index (κ3) is 6.78. The van der Waals surface area contributed by atoms with E-state index in [1.165, 1.54) is 0 Å². The summed E-state index contributed by atoms with van der Waals surface area (Å²) in [5, 5.41) is 2.82. The molecular weight excluding hydrogens is 365 g/mol. The van der Waals surface area contributed by atoms with Crippen molar-refractivity contribution in [3.63, 3.8) is 0 Å². The summed E-state index contributed by atoms with van der Waals surface area (Å²) in [5.41, 5.74) is 7.14. The second-order valence-corrected chi connectivity index (χ2v) is 5.14. The maximum Gasteiger partial charge on any atom is 0.228 e. The highest BCUT2D eigenvalue weighted by molar-refractivity contribution is 5.92. The minimum atomic E-state index is -0.252. The fourth-order valence-electron chi connectivity index (χ4n) is 1.88. The van der Waals surface area contributed by atoms with Crippen LogP contribution in [0.4, 0.5) is 5.69 Å². The first kappa shape index (κ1) is 23.0. The number of pyridine rings is 1. The van der Waals surface area contributed by atoms with Crippen molar-refractivity contribution in [2.24, 2.45) is 11.7 Å². The van der Waals surface area contributed by atoms with Crippen LogP contribution < -0.4 is 20.5 Å². The van der Waals surface area contributed by atoms with Gasteiger partial charge in [0.05, 0.1) is 7.11 Å². The standard InChI is InChI=1S/C17H21N3O3.2ClH/c1-12(10-18)17(21)20-14-3-4-15(22-2)16(9-14)23-11-13-5-7-19-8-6-13;;/h3-9,12H,10-11,18H2,1-2H3,(H,20,21);2*1H. The van der Waals surface area contributed by atoms with Crippen molar-refractivity contribution in [2.75, 3.05) is 19.0 Å². The number of nitrogens with two attached hydrogens (primary N) is 1. The SMILES string of the molecule is COc1ccc(NC(=O)C(C)CN)cc1OCc1ccncc1.Cl.Cl. The molecule has 6 nitrogen and oxygen atoms in total. The van der Waals surface area contributed by atoms with Gasteiger partial charge < -0.3 is 20.5 Å². The molecule has 0 saturated carbocycles. The predicted molar refractivity (Wildman–Crippen MR) is 103 cm³/mol. The Bertz CT molecular complexity index is 657. The zero-order valence-corrected chi connectivity index (χ0v) is 15.7. The summed E-state index contributed by atoms with van der Waals surface area (Å²) in [6.07, 6.45) is 3.42. The van der Waals surface area contributed by atoms with Gasteiger partial charge in [-0.05, 0) is 29.8 Å². The third-order valence-corrected chi connectivity index (χ3v) is 3.38. The van der Waals surface area contributed by atoms with Gasteiger partial charge in [0.25, 0.3) is 0 Å². The Morgan fingerprint density at radius 2 is 1.88 bits per heavy atom. The quantitative estimate of drug-likeness (QED) is 0.762. The van der Waals surface area contributed by atoms with Crippen LogP contribution in [-0.4, -0.2) is 24.5 Å². The Balaban J connectivity index is 0.00000288. The number of carbonyl (C=O) groups is 1. The first-order valence-electron chi connectivity index (χ1n) is 7.34. The van der Waals surface area contributed by atoms with Crippen LogP contribution in [0.5, 0.6) is 11.5 Å². The summed E-state index contributed by atoms with van der Waals surface area (Å²) in [4.78, 5) is 15.9. The first-order chi connectivity index (χ1) is 11.1. The number of halogens is 2. The van der Waals surface area contributed by atoms with Crippen molar-refractivity contribution in [1.82, 2.24) is 4.98 Å². The fourth-order valence-corrected chi connectivity index (χ4v) is 1.88. The number of amides is 1. The Hall–Kier alpha value is -2.02. The maximum atomic E-state index is 11.9. The number of aromatic nitrogens is 1. The van der Waals surface area contributed by atoms with E-state index < -0.39 is 0 Å². The molecular formula is C17H23Cl2N3O3. The van der Waals surface area contributed by atoms with Crippen LogP contribution in [0.15, 0.2) is 42.7 Å². The molecule has 0 aliphatic rings. The molecule has 1 heterocycles. The van der Waals surface area contributed by atoms with E-state index >= 15 is 0 Å². The average molecular weight is 388 g/mol. The van der Waals surface area contributed by atoms with Gasteiger partial charge in [-0.2, -0.15) is 0 Å². The van der Waals surface area contributed by atoms with Gasteiger partial charge in [-0.15, -0.1) is 24.8 Å². The zero-order valence-electron chi connectivity index (χ0n) is 14.1. The van der Waals surface area contributed by atoms with Gasteiger partial charge in [0, 0.05) is 36.6 Å². The predicted octanol–water partition coefficient (Wildman–Crippen LogP) is 3.05. The van der Waals surface area contributed by atoms with Crippen molar-refractivity contribution in [3.8, 4) is 11.5 Å². The highest BCUT2D eigenvalue weighted by Gasteiger charge is 2.13. The lowest BCUT2D eigenvalue weighted by Crippen LogP contribution is -2.26. The van der Waals surface area contributed by atoms with Crippen molar-refractivity contribution < 1.29 is 14.3 Å². The molecule has 1 unspecified atom stereocenters. The first-order valence-corrected chi connectivity index (χ1v) is 7.34. The van der Waals surface area contributed by atoms with E-state index in [2.05, 4.69) is 10.3 Å². The molecule has 2 rings (SSSR count). The van der Waals surface area contributed by atoms with Gasteiger partial charge in [-0.3, -0.25) is 9.78 Å². The molecule has 1 amide bonds. The molecule has 25 heavy (non-hydrogen) atoms. The van der Waals surface area contributed by atoms with Crippen LogP contribution in [-0.2, 0) is 11.4 Å². The minimum Gasteiger partial charge on any atom is -0.493 e. The molecule has 1 atom stereocenters. The number of hydrogen-bond acceptors (Lipinski definition) is 5. The molecule has 0 radical (unpaired) electrons. The Morgan fingerprint density at radius 1 is 1.20 bits per heavy atom. The summed E-state index contributed by atoms with van der Waals surface area (Å²) in [6, 6.07) is 9.01. The molecule has 1 aromatic heterocycles. The summed E-state index contributed by atoms with van der Waals surface area (Å²) in [5.74, 6) is 0.780. The van der Waals surface area contributed by atoms with E-state index in [0.29, 0.717) is 30.3 Å². The molecule has 0 spiro atoms. The number of ether oxygens (including phenoxy) is 2. The lowest BCUT2D eigenvalue weighted by molar-refractivity contribution is -0.119. The maximum absolute atomic E-state index is 11.9. The Labute approximate surface area is 159 Å². The van der Waals surface area contributed by atoms with E-state index in [1.807, 2.05) is 12.1 Å². The van der Waals surface area contributed by atoms with Crippen LogP contribution in [0.25, 0.3) is 0 Å². The molecule has 0 fully saturated rings. The minimum absolute atomic E-state index is 0. The molecule has 138 valence electrons. The average Bonchev–Trinajstić information content (AvgIpc) is 2.60. The van der Waals surface area contributed by atoms with E-state index in [4.69, 9.17) is 15.2 Å². The van der Waals surface area contributed by atoms with E-state index in [-0.39, 0.29) is 36.6 Å². The largest absolute Gasteiger partial charge is 0.493 e. The second kappa shape index (κ2) is 11.5. The normalized spacial score (nSPS) is 10.7. The number of nitrogens with one attached hydrogen (secondary N) is 1. The number of benzene rings is 1. The van der Waals surface area contributed by atoms with Crippen LogP contribution in [0.1, 0.15) is 12.5 Å². The molecule has 0 saturated heterocycles. The molecule has 2 aromatic rings. The molecule has 0 aliphatic heterocycles. The lowest BCUT2D eigenvalue weighted by atomic mass is 10.1. The van der Waals surface area contributed by atoms with Gasteiger partial charge in [0.2, 0.25) is 5.91 Å². The van der Waals surface area contributed by atoms with Crippen LogP contribution in [0.3, 0.4) is 0 Å². The summed E-state index contributed by atoms with van der Waals surface area (Å²) < 4.78 is 11.1. The number of nitrogens with zero attached hydrogens (tertiary/aromatic N) is 1. The zero-order chi connectivity index (χ0) is 16.7. The van der Waals surface area contributed by atoms with Crippen LogP contribution in [0.2, 0.25) is 0 Å². The Morgan fingerprint density at radius 3 is 2.48 bits per heavy atom. The smallest absolute Gasteiger partial charge is 0.228 e. The summed E-state index contributed by atoms with van der Waals surface area (Å²) in [6.45, 7) is 2.46. The van der Waals surface area contributed by atoms with Gasteiger partial charge in [0.15, 0.2) is 11.5 Å². The number of anilines is 1. The van der Waals surface area contributed by atoms with Crippen molar-refractivity contribution in [2.45, 2.75) is 13.5 Å². The number of carbonyl (C=O) groups excluding carboxylic acids is 1. The summed E-state index contributed by atoms with van der Waals surface area (Å²) in [7, 11) is 1.57. The molecule has 8 heteroatoms. The lowest BCUT2D eigenvalue weighted by Gasteiger charge is -2.14. The van der Waals surface area contributed by atoms with Gasteiger partial charge in [-0.1, -0.05) is 6.92 Å². The highest BCUT2D eigenvalue weighted by Crippen LogP contribution is 2.31. The fraction of sp³-hybridized carbons (Fsp3) is 0.294. The topological polar surface area (TPSA) is 86.5 Å². The van der Waals surface area contributed by atoms with E-state index in [1.54, 1.807) is 44.6 Å². The number of rotatable bonds is 7. The highest BCUT2D eigenvalue weighted by atomic mass is 35.5. The molecule has 0 bridgehead atoms. The van der Waals surface area contributed by atoms with Crippen molar-refractivity contribution in [1.29, 1.82) is 0 Å². The monoisotopic (exact) mass is 387 g/mol. The van der Waals surface area contributed by atoms with Crippen molar-refractivity contribution in [3.05, 3.63) is 48.3 Å². The van der Waals surface area contributed by atoms with Crippen LogP contribution in [0, 0.1) is 5.92 Å². The van der Waals surface area contributed by atoms with Crippen molar-refractivity contribution >= 4 is 36.4 Å². The second-order valence-electron chi connectivity index (χ2n) is 5.14. The van der Waals surface area contributed by atoms with E-state index in [0.717, 1.165) is 5.56 Å². The van der Waals surface area contributed by atoms with Gasteiger partial charge in [-0.25, -0.2) is 0 Å². The Kier molecular flexibility index (Phi) is 10.6. The number of hydrogen-bond donors (Lipinski definition) is 2. The summed E-state index contributed by atoms with van der Waals surface area (Å²) >= 11 is 0. The van der Waals surface area contributed by atoms with Gasteiger partial charge >= 0.3 is 0 Å². The molecule has 0 aliphatic carbocycles.